The summed E-state index contributed by atoms with van der Waals surface area (Å²) in [7, 11) is 1.43. The molecule has 0 radical (unpaired) electrons. The summed E-state index contributed by atoms with van der Waals surface area (Å²) in [6.07, 6.45) is 3.53. The van der Waals surface area contributed by atoms with E-state index in [1.165, 1.54) is 13.5 Å². The maximum Gasteiger partial charge on any atom is 0.309 e. The quantitative estimate of drug-likeness (QED) is 0.646. The average molecular weight is 374 g/mol. The monoisotopic (exact) mass is 374 g/mol. The first-order valence-electron chi connectivity index (χ1n) is 6.60. The summed E-state index contributed by atoms with van der Waals surface area (Å²) in [5.74, 6) is 0.613. The summed E-state index contributed by atoms with van der Waals surface area (Å²) < 4.78 is 5.72. The Kier molecular flexibility index (Phi) is 4.71. The first kappa shape index (κ1) is 14.6. The largest absolute Gasteiger partial charge is 0.507 e. The highest BCUT2D eigenvalue weighted by molar-refractivity contribution is 14.1. The Hall–Kier alpha value is -0.780. The third kappa shape index (κ3) is 3.04. The molecular formula is C15H19IO3. The lowest BCUT2D eigenvalue weighted by Crippen LogP contribution is -2.30. The number of aromatic hydroxyl groups is 1. The number of hydrogen-bond acceptors (Lipinski definition) is 3. The number of ether oxygens (including phenoxy) is 1. The molecule has 2 atom stereocenters. The van der Waals surface area contributed by atoms with Gasteiger partial charge in [-0.3, -0.25) is 4.79 Å². The fraction of sp³-hybridized carbons (Fsp3) is 0.533. The second kappa shape index (κ2) is 6.11. The van der Waals surface area contributed by atoms with Crippen LogP contribution in [0.2, 0.25) is 0 Å². The topological polar surface area (TPSA) is 46.5 Å². The number of benzene rings is 1. The molecule has 1 fully saturated rings. The molecule has 1 aromatic carbocycles. The molecule has 1 aromatic rings. The fourth-order valence-corrected chi connectivity index (χ4v) is 3.17. The van der Waals surface area contributed by atoms with E-state index in [9.17, 15) is 9.90 Å². The van der Waals surface area contributed by atoms with E-state index in [0.29, 0.717) is 11.7 Å². The highest BCUT2D eigenvalue weighted by Crippen LogP contribution is 2.44. The van der Waals surface area contributed by atoms with Crippen molar-refractivity contribution in [1.82, 2.24) is 0 Å². The lowest BCUT2D eigenvalue weighted by molar-refractivity contribution is -0.146. The zero-order valence-electron chi connectivity index (χ0n) is 11.2. The van der Waals surface area contributed by atoms with Crippen LogP contribution in [0.25, 0.3) is 0 Å². The Morgan fingerprint density at radius 1 is 1.47 bits per heavy atom. The van der Waals surface area contributed by atoms with Crippen molar-refractivity contribution in [1.29, 1.82) is 0 Å². The molecule has 0 saturated heterocycles. The number of phenolic OH excluding ortho intramolecular Hbond substituents is 1. The molecular weight excluding hydrogens is 355 g/mol. The van der Waals surface area contributed by atoms with Gasteiger partial charge in [0.2, 0.25) is 0 Å². The van der Waals surface area contributed by atoms with Crippen LogP contribution in [0.1, 0.15) is 37.7 Å². The molecule has 2 rings (SSSR count). The molecule has 0 amide bonds. The van der Waals surface area contributed by atoms with Crippen molar-refractivity contribution in [3.63, 3.8) is 0 Å². The zero-order chi connectivity index (χ0) is 14.0. The van der Waals surface area contributed by atoms with Gasteiger partial charge in [0.05, 0.1) is 16.6 Å². The van der Waals surface area contributed by atoms with Gasteiger partial charge in [-0.25, -0.2) is 0 Å². The smallest absolute Gasteiger partial charge is 0.309 e. The van der Waals surface area contributed by atoms with Gasteiger partial charge in [-0.05, 0) is 65.0 Å². The third-order valence-corrected chi connectivity index (χ3v) is 5.04. The van der Waals surface area contributed by atoms with Crippen molar-refractivity contribution in [2.24, 2.45) is 11.8 Å². The van der Waals surface area contributed by atoms with Crippen LogP contribution >= 0.6 is 22.6 Å². The molecule has 1 aliphatic carbocycles. The van der Waals surface area contributed by atoms with E-state index in [1.807, 2.05) is 19.1 Å². The van der Waals surface area contributed by atoms with E-state index >= 15 is 0 Å². The van der Waals surface area contributed by atoms with Crippen LogP contribution in [0.5, 0.6) is 5.75 Å². The predicted molar refractivity (Wildman–Crippen MR) is 82.1 cm³/mol. The third-order valence-electron chi connectivity index (χ3n) is 4.12. The van der Waals surface area contributed by atoms with E-state index in [-0.39, 0.29) is 17.8 Å². The molecule has 1 N–H and O–H groups in total. The van der Waals surface area contributed by atoms with Crippen LogP contribution in [-0.2, 0) is 9.53 Å². The van der Waals surface area contributed by atoms with Crippen LogP contribution in [0.3, 0.4) is 0 Å². The van der Waals surface area contributed by atoms with Crippen LogP contribution < -0.4 is 0 Å². The molecule has 0 spiro atoms. The Morgan fingerprint density at radius 2 is 2.16 bits per heavy atom. The zero-order valence-corrected chi connectivity index (χ0v) is 13.4. The predicted octanol–water partition coefficient (Wildman–Crippen LogP) is 3.69. The molecule has 19 heavy (non-hydrogen) atoms. The van der Waals surface area contributed by atoms with Gasteiger partial charge < -0.3 is 9.84 Å². The minimum absolute atomic E-state index is 0.143. The van der Waals surface area contributed by atoms with Crippen LogP contribution in [0, 0.1) is 15.4 Å². The summed E-state index contributed by atoms with van der Waals surface area (Å²) in [5.41, 5.74) is 1.04. The van der Waals surface area contributed by atoms with E-state index in [4.69, 9.17) is 4.74 Å². The van der Waals surface area contributed by atoms with Crippen LogP contribution in [-0.4, -0.2) is 18.2 Å². The van der Waals surface area contributed by atoms with Gasteiger partial charge in [-0.1, -0.05) is 19.4 Å². The Bertz CT molecular complexity index is 468. The highest BCUT2D eigenvalue weighted by atomic mass is 127. The van der Waals surface area contributed by atoms with E-state index < -0.39 is 0 Å². The number of rotatable bonds is 4. The number of esters is 1. The van der Waals surface area contributed by atoms with Gasteiger partial charge in [0.15, 0.2) is 0 Å². The Balaban J connectivity index is 2.31. The first-order valence-corrected chi connectivity index (χ1v) is 7.68. The second-order valence-electron chi connectivity index (χ2n) is 5.24. The van der Waals surface area contributed by atoms with E-state index in [1.54, 1.807) is 6.07 Å². The van der Waals surface area contributed by atoms with Gasteiger partial charge >= 0.3 is 5.97 Å². The summed E-state index contributed by atoms with van der Waals surface area (Å²) in [6, 6.07) is 5.72. The van der Waals surface area contributed by atoms with Crippen molar-refractivity contribution >= 4 is 28.6 Å². The van der Waals surface area contributed by atoms with Crippen molar-refractivity contribution in [2.45, 2.75) is 32.1 Å². The van der Waals surface area contributed by atoms with Gasteiger partial charge in [0.25, 0.3) is 0 Å². The minimum Gasteiger partial charge on any atom is -0.507 e. The summed E-state index contributed by atoms with van der Waals surface area (Å²) >= 11 is 2.10. The molecule has 4 heteroatoms. The molecule has 1 aliphatic rings. The lowest BCUT2D eigenvalue weighted by atomic mass is 9.68. The number of carbonyl (C=O) groups is 1. The van der Waals surface area contributed by atoms with Gasteiger partial charge in [-0.15, -0.1) is 0 Å². The number of methoxy groups -OCH3 is 1. The van der Waals surface area contributed by atoms with Crippen LogP contribution in [0.4, 0.5) is 0 Å². The van der Waals surface area contributed by atoms with Gasteiger partial charge in [0, 0.05) is 0 Å². The molecule has 0 heterocycles. The summed E-state index contributed by atoms with van der Waals surface area (Å²) in [4.78, 5) is 11.8. The highest BCUT2D eigenvalue weighted by Gasteiger charge is 2.36. The molecule has 0 aromatic heterocycles. The van der Waals surface area contributed by atoms with Gasteiger partial charge in [0.1, 0.15) is 5.75 Å². The fourth-order valence-electron chi connectivity index (χ4n) is 2.84. The molecule has 0 bridgehead atoms. The Labute approximate surface area is 127 Å². The standard InChI is InChI=1S/C15H19IO3/c1-9(15(18)19-2)14(10-4-3-5-10)11-6-7-12(16)13(17)8-11/h6-10,14,17H,3-5H2,1-2H3/t9-,14-/m0/s1. The number of phenols is 1. The first-order chi connectivity index (χ1) is 9.04. The van der Waals surface area contributed by atoms with E-state index in [0.717, 1.165) is 22.0 Å². The van der Waals surface area contributed by atoms with Crippen molar-refractivity contribution in [2.75, 3.05) is 7.11 Å². The van der Waals surface area contributed by atoms with E-state index in [2.05, 4.69) is 22.6 Å². The molecule has 0 aliphatic heterocycles. The number of halogens is 1. The SMILES string of the molecule is COC(=O)[C@@H](C)[C@H](c1ccc(I)c(O)c1)C1CCC1. The molecule has 0 unspecified atom stereocenters. The summed E-state index contributed by atoms with van der Waals surface area (Å²) in [6.45, 7) is 1.92. The summed E-state index contributed by atoms with van der Waals surface area (Å²) in [5, 5.41) is 9.88. The molecule has 1 saturated carbocycles. The maximum absolute atomic E-state index is 11.8. The van der Waals surface area contributed by atoms with Gasteiger partial charge in [-0.2, -0.15) is 0 Å². The van der Waals surface area contributed by atoms with Crippen molar-refractivity contribution in [3.05, 3.63) is 27.3 Å². The minimum atomic E-state index is -0.172. The van der Waals surface area contributed by atoms with Crippen molar-refractivity contribution in [3.8, 4) is 5.75 Å². The lowest BCUT2D eigenvalue weighted by Gasteiger charge is -2.36. The normalized spacial score (nSPS) is 18.5. The Morgan fingerprint density at radius 3 is 2.63 bits per heavy atom. The molecule has 3 nitrogen and oxygen atoms in total. The van der Waals surface area contributed by atoms with Crippen molar-refractivity contribution < 1.29 is 14.6 Å². The maximum atomic E-state index is 11.8. The second-order valence-corrected chi connectivity index (χ2v) is 6.40. The average Bonchev–Trinajstić information content (AvgIpc) is 2.35. The van der Waals surface area contributed by atoms with Crippen LogP contribution in [0.15, 0.2) is 18.2 Å². The number of carbonyl (C=O) groups excluding carboxylic acids is 1. The molecule has 104 valence electrons. The number of hydrogen-bond donors (Lipinski definition) is 1.